The number of anilines is 2. The number of rotatable bonds is 8. The number of amides is 1. The Labute approximate surface area is 188 Å². The molecule has 0 aliphatic heterocycles. The van der Waals surface area contributed by atoms with Gasteiger partial charge in [-0.1, -0.05) is 23.4 Å². The summed E-state index contributed by atoms with van der Waals surface area (Å²) in [5.41, 5.74) is 10.5. The molecule has 0 fully saturated rings. The SMILES string of the molecule is COc1ccc(/C=N\NC(=O)c2nnn(-c3nonc3N)c2CN(C)c2ccccc2)cc1. The summed E-state index contributed by atoms with van der Waals surface area (Å²) in [4.78, 5) is 14.8. The maximum Gasteiger partial charge on any atom is 0.293 e. The summed E-state index contributed by atoms with van der Waals surface area (Å²) in [6.07, 6.45) is 1.51. The molecule has 3 N–H and O–H groups in total. The van der Waals surface area contributed by atoms with Crippen molar-refractivity contribution < 1.29 is 14.2 Å². The summed E-state index contributed by atoms with van der Waals surface area (Å²) in [7, 11) is 3.46. The highest BCUT2D eigenvalue weighted by Crippen LogP contribution is 2.20. The van der Waals surface area contributed by atoms with Crippen molar-refractivity contribution in [1.29, 1.82) is 0 Å². The first kappa shape index (κ1) is 21.5. The van der Waals surface area contributed by atoms with Crippen molar-refractivity contribution in [3.05, 3.63) is 71.5 Å². The van der Waals surface area contributed by atoms with Gasteiger partial charge < -0.3 is 15.4 Å². The van der Waals surface area contributed by atoms with Gasteiger partial charge >= 0.3 is 0 Å². The molecule has 168 valence electrons. The first-order valence-corrected chi connectivity index (χ1v) is 9.83. The molecule has 0 aliphatic rings. The standard InChI is InChI=1S/C21H21N9O3/c1-29(15-6-4-3-5-7-15)13-17-18(24-28-30(17)20-19(22)26-33-27-20)21(31)25-23-12-14-8-10-16(32-2)11-9-14/h3-12H,13H2,1-2H3,(H2,22,26)(H,25,31)/b23-12-. The van der Waals surface area contributed by atoms with Crippen LogP contribution in [0.15, 0.2) is 64.3 Å². The number of ether oxygens (including phenoxy) is 1. The number of carbonyl (C=O) groups excluding carboxylic acids is 1. The van der Waals surface area contributed by atoms with Gasteiger partial charge in [-0.25, -0.2) is 10.1 Å². The quantitative estimate of drug-likeness (QED) is 0.303. The van der Waals surface area contributed by atoms with E-state index in [0.29, 0.717) is 5.69 Å². The summed E-state index contributed by atoms with van der Waals surface area (Å²) in [5, 5.41) is 19.4. The van der Waals surface area contributed by atoms with Gasteiger partial charge in [0.05, 0.1) is 25.6 Å². The largest absolute Gasteiger partial charge is 0.497 e. The summed E-state index contributed by atoms with van der Waals surface area (Å²) in [5.74, 6) is 0.340. The fourth-order valence-corrected chi connectivity index (χ4v) is 3.03. The number of para-hydroxylation sites is 1. The number of nitrogens with zero attached hydrogens (tertiary/aromatic N) is 7. The summed E-state index contributed by atoms with van der Waals surface area (Å²) in [6.45, 7) is 0.272. The van der Waals surface area contributed by atoms with Crippen LogP contribution in [-0.2, 0) is 6.54 Å². The predicted octanol–water partition coefficient (Wildman–Crippen LogP) is 1.64. The van der Waals surface area contributed by atoms with Gasteiger partial charge in [0, 0.05) is 12.7 Å². The van der Waals surface area contributed by atoms with Crippen LogP contribution in [0.4, 0.5) is 11.5 Å². The van der Waals surface area contributed by atoms with Crippen LogP contribution in [0, 0.1) is 0 Å². The van der Waals surface area contributed by atoms with Gasteiger partial charge in [0.25, 0.3) is 5.91 Å². The van der Waals surface area contributed by atoms with E-state index in [1.165, 1.54) is 10.9 Å². The number of hydrogen-bond donors (Lipinski definition) is 2. The van der Waals surface area contributed by atoms with E-state index >= 15 is 0 Å². The van der Waals surface area contributed by atoms with Gasteiger partial charge in [-0.3, -0.25) is 4.79 Å². The van der Waals surface area contributed by atoms with E-state index in [0.717, 1.165) is 17.0 Å². The number of nitrogens with one attached hydrogen (secondary N) is 1. The van der Waals surface area contributed by atoms with Crippen molar-refractivity contribution in [3.63, 3.8) is 0 Å². The average Bonchev–Trinajstić information content (AvgIpc) is 3.45. The molecule has 0 spiro atoms. The van der Waals surface area contributed by atoms with Crippen LogP contribution in [0.5, 0.6) is 5.75 Å². The van der Waals surface area contributed by atoms with E-state index in [1.807, 2.05) is 54.4 Å². The fraction of sp³-hybridized carbons (Fsp3) is 0.143. The second kappa shape index (κ2) is 9.60. The van der Waals surface area contributed by atoms with Crippen LogP contribution in [0.1, 0.15) is 21.7 Å². The Bertz CT molecular complexity index is 1250. The normalized spacial score (nSPS) is 11.0. The maximum atomic E-state index is 12.9. The van der Waals surface area contributed by atoms with Gasteiger partial charge in [-0.05, 0) is 52.3 Å². The van der Waals surface area contributed by atoms with E-state index < -0.39 is 5.91 Å². The van der Waals surface area contributed by atoms with Crippen LogP contribution in [0.2, 0.25) is 0 Å². The van der Waals surface area contributed by atoms with E-state index in [9.17, 15) is 4.79 Å². The number of aromatic nitrogens is 5. The van der Waals surface area contributed by atoms with Crippen molar-refractivity contribution in [2.75, 3.05) is 24.8 Å². The Kier molecular flexibility index (Phi) is 6.25. The number of hydrazone groups is 1. The zero-order chi connectivity index (χ0) is 23.2. The molecule has 4 rings (SSSR count). The molecule has 4 aromatic rings. The monoisotopic (exact) mass is 447 g/mol. The highest BCUT2D eigenvalue weighted by molar-refractivity contribution is 5.94. The molecule has 12 nitrogen and oxygen atoms in total. The number of benzene rings is 2. The highest BCUT2D eigenvalue weighted by Gasteiger charge is 2.25. The zero-order valence-corrected chi connectivity index (χ0v) is 17.9. The molecule has 0 radical (unpaired) electrons. The molecule has 0 bridgehead atoms. The van der Waals surface area contributed by atoms with E-state index in [4.69, 9.17) is 10.5 Å². The van der Waals surface area contributed by atoms with Gasteiger partial charge in [0.1, 0.15) is 5.75 Å². The van der Waals surface area contributed by atoms with Gasteiger partial charge in [0.2, 0.25) is 11.6 Å². The van der Waals surface area contributed by atoms with Crippen molar-refractivity contribution in [2.24, 2.45) is 5.10 Å². The Hall–Kier alpha value is -4.74. The summed E-state index contributed by atoms with van der Waals surface area (Å²) < 4.78 is 11.1. The minimum Gasteiger partial charge on any atom is -0.497 e. The van der Waals surface area contributed by atoms with Crippen LogP contribution in [0.3, 0.4) is 0 Å². The lowest BCUT2D eigenvalue weighted by Gasteiger charge is -2.19. The Balaban J connectivity index is 1.58. The number of carbonyl (C=O) groups is 1. The molecule has 12 heteroatoms. The third-order valence-electron chi connectivity index (χ3n) is 4.75. The lowest BCUT2D eigenvalue weighted by molar-refractivity contribution is 0.0949. The van der Waals surface area contributed by atoms with Crippen LogP contribution in [-0.4, -0.2) is 51.6 Å². The number of hydrogen-bond acceptors (Lipinski definition) is 10. The Morgan fingerprint density at radius 1 is 1.21 bits per heavy atom. The number of nitrogen functional groups attached to an aromatic ring is 1. The smallest absolute Gasteiger partial charge is 0.293 e. The van der Waals surface area contributed by atoms with Crippen LogP contribution in [0.25, 0.3) is 5.82 Å². The van der Waals surface area contributed by atoms with Crippen LogP contribution < -0.4 is 20.8 Å². The van der Waals surface area contributed by atoms with Gasteiger partial charge in [0.15, 0.2) is 5.69 Å². The lowest BCUT2D eigenvalue weighted by Crippen LogP contribution is -2.24. The maximum absolute atomic E-state index is 12.9. The third-order valence-corrected chi connectivity index (χ3v) is 4.75. The zero-order valence-electron chi connectivity index (χ0n) is 17.9. The van der Waals surface area contributed by atoms with Crippen molar-refractivity contribution in [3.8, 4) is 11.6 Å². The second-order valence-electron chi connectivity index (χ2n) is 6.93. The molecule has 2 heterocycles. The number of methoxy groups -OCH3 is 1. The van der Waals surface area contributed by atoms with Crippen LogP contribution >= 0.6 is 0 Å². The van der Waals surface area contributed by atoms with E-state index in [-0.39, 0.29) is 23.9 Å². The van der Waals surface area contributed by atoms with Crippen molar-refractivity contribution in [1.82, 2.24) is 30.7 Å². The molecule has 0 saturated carbocycles. The van der Waals surface area contributed by atoms with Crippen molar-refractivity contribution >= 4 is 23.6 Å². The first-order valence-electron chi connectivity index (χ1n) is 9.83. The number of nitrogens with two attached hydrogens (primary N) is 1. The first-order chi connectivity index (χ1) is 16.1. The Morgan fingerprint density at radius 3 is 2.64 bits per heavy atom. The van der Waals surface area contributed by atoms with Gasteiger partial charge in [-0.15, -0.1) is 5.10 Å². The molecule has 1 amide bonds. The van der Waals surface area contributed by atoms with Crippen molar-refractivity contribution in [2.45, 2.75) is 6.54 Å². The lowest BCUT2D eigenvalue weighted by atomic mass is 10.2. The molecule has 2 aromatic heterocycles. The molecular formula is C21H21N9O3. The topological polar surface area (TPSA) is 150 Å². The average molecular weight is 447 g/mol. The molecule has 2 aromatic carbocycles. The molecule has 33 heavy (non-hydrogen) atoms. The fourth-order valence-electron chi connectivity index (χ4n) is 3.03. The molecule has 0 aliphatic carbocycles. The minimum absolute atomic E-state index is 0.0213. The predicted molar refractivity (Wildman–Crippen MR) is 120 cm³/mol. The van der Waals surface area contributed by atoms with E-state index in [2.05, 4.69) is 35.8 Å². The molecule has 0 saturated heterocycles. The molecular weight excluding hydrogens is 426 g/mol. The van der Waals surface area contributed by atoms with Gasteiger partial charge in [-0.2, -0.15) is 9.78 Å². The molecule has 0 atom stereocenters. The highest BCUT2D eigenvalue weighted by atomic mass is 16.6. The summed E-state index contributed by atoms with van der Waals surface area (Å²) >= 11 is 0. The second-order valence-corrected chi connectivity index (χ2v) is 6.93. The van der Waals surface area contributed by atoms with E-state index in [1.54, 1.807) is 19.2 Å². The Morgan fingerprint density at radius 2 is 1.97 bits per heavy atom. The summed E-state index contributed by atoms with van der Waals surface area (Å²) in [6, 6.07) is 16.9. The third kappa shape index (κ3) is 4.79. The molecule has 0 unspecified atom stereocenters. The minimum atomic E-state index is -0.544.